The number of phenolic OH excluding ortho intramolecular Hbond substituents is 4. The Hall–Kier alpha value is -5.80. The van der Waals surface area contributed by atoms with E-state index in [2.05, 4.69) is 11.5 Å². The molecule has 4 aromatic carbocycles. The van der Waals surface area contributed by atoms with Gasteiger partial charge in [-0.25, -0.2) is 0 Å². The molecule has 350 valence electrons. The fraction of sp³-hybridized carbons (Fsp3) is 0.400. The molecule has 2 fully saturated rings. The second-order valence-electron chi connectivity index (χ2n) is 17.9. The lowest BCUT2D eigenvalue weighted by atomic mass is 9.81. The second kappa shape index (κ2) is 20.8. The first-order valence-electron chi connectivity index (χ1n) is 22.4. The number of aromatic hydroxyl groups is 4. The third-order valence-electron chi connectivity index (χ3n) is 13.6. The van der Waals surface area contributed by atoms with E-state index >= 15 is 0 Å². The number of benzene rings is 4. The lowest BCUT2D eigenvalue weighted by Crippen LogP contribution is -3.00. The maximum absolute atomic E-state index is 13.7. The van der Waals surface area contributed by atoms with Gasteiger partial charge in [0.15, 0.2) is 23.1 Å². The fourth-order valence-corrected chi connectivity index (χ4v) is 9.88. The number of hydrogen-bond acceptors (Lipinski definition) is 12. The molecule has 0 bridgehead atoms. The van der Waals surface area contributed by atoms with Crippen LogP contribution < -0.4 is 36.3 Å². The van der Waals surface area contributed by atoms with E-state index in [1.165, 1.54) is 36.4 Å². The number of fused-ring (bicyclic) bond motifs is 4. The molecule has 0 aliphatic heterocycles. The molecule has 66 heavy (non-hydrogen) atoms. The maximum Gasteiger partial charge on any atom is 0.309 e. The Kier molecular flexibility index (Phi) is 15.6. The molecule has 2 saturated carbocycles. The Morgan fingerprint density at radius 1 is 0.500 bits per heavy atom. The molecule has 16 heteroatoms. The summed E-state index contributed by atoms with van der Waals surface area (Å²) in [6.45, 7) is 0. The Morgan fingerprint density at radius 3 is 1.12 bits per heavy atom. The number of ketones is 4. The second-order valence-corrected chi connectivity index (χ2v) is 17.9. The summed E-state index contributed by atoms with van der Waals surface area (Å²) in [5.74, 6) is -6.30. The van der Waals surface area contributed by atoms with Crippen molar-refractivity contribution in [3.05, 3.63) is 116 Å². The van der Waals surface area contributed by atoms with Crippen molar-refractivity contribution in [2.75, 3.05) is 0 Å². The number of quaternary nitrogens is 2. The van der Waals surface area contributed by atoms with Crippen LogP contribution in [-0.2, 0) is 19.1 Å². The highest BCUT2D eigenvalue weighted by Gasteiger charge is 2.40. The molecule has 4 aromatic rings. The van der Waals surface area contributed by atoms with Crippen LogP contribution in [-0.4, -0.2) is 67.6 Å². The predicted molar refractivity (Wildman–Crippen MR) is 229 cm³/mol. The van der Waals surface area contributed by atoms with Gasteiger partial charge in [-0.1, -0.05) is 61.4 Å². The van der Waals surface area contributed by atoms with Gasteiger partial charge in [-0.3, -0.25) is 28.8 Å². The van der Waals surface area contributed by atoms with E-state index in [9.17, 15) is 49.2 Å². The van der Waals surface area contributed by atoms with Crippen LogP contribution in [0.15, 0.2) is 60.7 Å². The van der Waals surface area contributed by atoms with Gasteiger partial charge in [0.25, 0.3) is 0 Å². The van der Waals surface area contributed by atoms with E-state index < -0.39 is 70.3 Å². The Bertz CT molecular complexity index is 2390. The summed E-state index contributed by atoms with van der Waals surface area (Å²) < 4.78 is 12.2. The maximum atomic E-state index is 13.7. The van der Waals surface area contributed by atoms with Crippen molar-refractivity contribution in [3.8, 4) is 23.0 Å². The summed E-state index contributed by atoms with van der Waals surface area (Å²) in [5, 5.41) is 45.8. The van der Waals surface area contributed by atoms with Crippen molar-refractivity contribution < 1.29 is 94.9 Å². The minimum Gasteiger partial charge on any atom is -1.00 e. The van der Waals surface area contributed by atoms with Crippen molar-refractivity contribution in [2.24, 2.45) is 11.8 Å². The SMILES string of the molecule is [Cl-].[Cl-].[NH3+]C1CCC(C(=O)OC(CCCCCCC(OC(=O)C2CCC([NH3+])CC2)c2cc(O)c3c(c2O)C(=O)c2ccccc2C3=O)c2cc(O)c3c(c2O)C(=O)c2ccccc2C3=O)CC1. The molecule has 0 heterocycles. The molecule has 8 rings (SSSR count). The van der Waals surface area contributed by atoms with Crippen molar-refractivity contribution in [1.29, 1.82) is 0 Å². The van der Waals surface area contributed by atoms with Crippen LogP contribution in [0.4, 0.5) is 0 Å². The largest absolute Gasteiger partial charge is 1.00 e. The van der Waals surface area contributed by atoms with Crippen LogP contribution in [0.1, 0.15) is 177 Å². The average Bonchev–Trinajstić information content (AvgIpc) is 3.29. The van der Waals surface area contributed by atoms with Gasteiger partial charge in [0, 0.05) is 59.1 Å². The number of rotatable bonds is 13. The molecule has 0 amide bonds. The number of carbonyl (C=O) groups excluding carboxylic acids is 6. The summed E-state index contributed by atoms with van der Waals surface area (Å²) in [4.78, 5) is 81.6. The van der Waals surface area contributed by atoms with Crippen molar-refractivity contribution in [2.45, 2.75) is 114 Å². The summed E-state index contributed by atoms with van der Waals surface area (Å²) in [5.41, 5.74) is 7.32. The van der Waals surface area contributed by atoms with Gasteiger partial charge < -0.3 is 66.2 Å². The van der Waals surface area contributed by atoms with Gasteiger partial charge >= 0.3 is 11.9 Å². The van der Waals surface area contributed by atoms with E-state index in [0.29, 0.717) is 51.4 Å². The van der Waals surface area contributed by atoms with Crippen molar-refractivity contribution in [1.82, 2.24) is 0 Å². The molecule has 0 aromatic heterocycles. The number of phenols is 4. The van der Waals surface area contributed by atoms with E-state index in [-0.39, 0.29) is 117 Å². The third-order valence-corrected chi connectivity index (χ3v) is 13.6. The highest BCUT2D eigenvalue weighted by atomic mass is 35.5. The predicted octanol–water partition coefficient (Wildman–Crippen LogP) is -0.121. The zero-order chi connectivity index (χ0) is 45.4. The topological polar surface area (TPSA) is 257 Å². The number of carbonyl (C=O) groups is 6. The Balaban J connectivity index is 0.00000360. The highest BCUT2D eigenvalue weighted by Crippen LogP contribution is 2.46. The molecule has 0 saturated heterocycles. The van der Waals surface area contributed by atoms with Crippen LogP contribution in [0.5, 0.6) is 23.0 Å². The van der Waals surface area contributed by atoms with Gasteiger partial charge in [0.05, 0.1) is 46.2 Å². The van der Waals surface area contributed by atoms with Gasteiger partial charge in [0.2, 0.25) is 0 Å². The van der Waals surface area contributed by atoms with Crippen LogP contribution >= 0.6 is 0 Å². The van der Waals surface area contributed by atoms with Gasteiger partial charge in [-0.15, -0.1) is 0 Å². The zero-order valence-corrected chi connectivity index (χ0v) is 37.9. The summed E-state index contributed by atoms with van der Waals surface area (Å²) in [7, 11) is 0. The number of ether oxygens (including phenoxy) is 2. The Labute approximate surface area is 393 Å². The monoisotopic (exact) mass is 944 g/mol. The number of hydrogen-bond donors (Lipinski definition) is 6. The number of halogens is 2. The summed E-state index contributed by atoms with van der Waals surface area (Å²) in [6, 6.07) is 15.2. The van der Waals surface area contributed by atoms with Gasteiger partial charge in [-0.05, 0) is 63.5 Å². The molecule has 4 aliphatic carbocycles. The fourth-order valence-electron chi connectivity index (χ4n) is 9.88. The van der Waals surface area contributed by atoms with Crippen LogP contribution in [0.3, 0.4) is 0 Å². The zero-order valence-electron chi connectivity index (χ0n) is 36.4. The molecular weight excluding hydrogens is 891 g/mol. The average molecular weight is 946 g/mol. The van der Waals surface area contributed by atoms with E-state index in [0.717, 1.165) is 25.7 Å². The van der Waals surface area contributed by atoms with E-state index in [1.807, 2.05) is 0 Å². The smallest absolute Gasteiger partial charge is 0.309 e. The van der Waals surface area contributed by atoms with Crippen molar-refractivity contribution >= 4 is 35.1 Å². The summed E-state index contributed by atoms with van der Waals surface area (Å²) >= 11 is 0. The molecule has 2 unspecified atom stereocenters. The van der Waals surface area contributed by atoms with E-state index in [1.54, 1.807) is 24.3 Å². The molecule has 2 atom stereocenters. The normalized spacial score (nSPS) is 20.6. The van der Waals surface area contributed by atoms with E-state index in [4.69, 9.17) is 9.47 Å². The third kappa shape index (κ3) is 9.55. The lowest BCUT2D eigenvalue weighted by molar-refractivity contribution is -0.426. The first kappa shape index (κ1) is 49.6. The van der Waals surface area contributed by atoms with Crippen LogP contribution in [0.25, 0.3) is 0 Å². The van der Waals surface area contributed by atoms with Gasteiger partial charge in [0.1, 0.15) is 35.2 Å². The van der Waals surface area contributed by atoms with Gasteiger partial charge in [-0.2, -0.15) is 0 Å². The molecule has 10 N–H and O–H groups in total. The molecule has 14 nitrogen and oxygen atoms in total. The molecular formula is C50H54Cl2N2O12. The van der Waals surface area contributed by atoms with Crippen LogP contribution in [0.2, 0.25) is 0 Å². The number of unbranched alkanes of at least 4 members (excludes halogenated alkanes) is 3. The quantitative estimate of drug-likeness (QED) is 0.0504. The number of esters is 2. The molecule has 0 radical (unpaired) electrons. The standard InChI is InChI=1S/C50H52N2O12.2ClH/c51-27-19-15-25(16-20-27)49(61)63-37(33-23-35(53)39-41(47(33)59)45(57)31-11-7-5-9-29(31)43(39)55)13-3-1-2-4-14-38(64-50(62)26-17-21-28(52)22-18-26)34-24-36(54)40-42(48(34)60)46(58)32-12-8-6-10-30(32)44(40)56;;/h5-12,23-28,37-38,53-54,59-60H,1-4,13-22,51-52H2;2*1H. The lowest BCUT2D eigenvalue weighted by Gasteiger charge is -2.28. The molecule has 4 aliphatic rings. The minimum absolute atomic E-state index is 0. The summed E-state index contributed by atoms with van der Waals surface area (Å²) in [6.07, 6.45) is 5.54. The first-order chi connectivity index (χ1) is 30.7. The first-order valence-corrected chi connectivity index (χ1v) is 22.4. The van der Waals surface area contributed by atoms with Crippen molar-refractivity contribution in [3.63, 3.8) is 0 Å². The minimum atomic E-state index is -1.08. The Morgan fingerprint density at radius 2 is 0.803 bits per heavy atom. The highest BCUT2D eigenvalue weighted by molar-refractivity contribution is 6.31. The molecule has 0 spiro atoms. The van der Waals surface area contributed by atoms with Crippen LogP contribution in [0, 0.1) is 11.8 Å².